The summed E-state index contributed by atoms with van der Waals surface area (Å²) >= 11 is 0. The fraction of sp³-hybridized carbons (Fsp3) is 0.333. The Morgan fingerprint density at radius 2 is 1.87 bits per heavy atom. The number of carbonyl (C=O) groups excluding carboxylic acids is 1. The van der Waals surface area contributed by atoms with Gasteiger partial charge in [-0.15, -0.1) is 0 Å². The number of fused-ring (bicyclic) bond motifs is 2. The van der Waals surface area contributed by atoms with E-state index >= 15 is 0 Å². The van der Waals surface area contributed by atoms with Crippen molar-refractivity contribution in [2.75, 3.05) is 39.4 Å². The van der Waals surface area contributed by atoms with E-state index in [1.54, 1.807) is 47.4 Å². The van der Waals surface area contributed by atoms with Crippen LogP contribution in [0.3, 0.4) is 0 Å². The molecule has 3 heterocycles. The molecule has 5 rings (SSSR count). The lowest BCUT2D eigenvalue weighted by molar-refractivity contribution is -0.908. The topological polar surface area (TPSA) is 84.4 Å². The van der Waals surface area contributed by atoms with Crippen LogP contribution in [0.4, 0.5) is 0 Å². The van der Waals surface area contributed by atoms with Crippen LogP contribution < -0.4 is 10.3 Å². The lowest BCUT2D eigenvalue weighted by atomic mass is 9.98. The number of phenolic OH excluding ortho intramolecular Hbond substituents is 1. The van der Waals surface area contributed by atoms with Gasteiger partial charge >= 0.3 is 0 Å². The normalized spacial score (nSPS) is 19.2. The molecule has 1 amide bonds. The number of para-hydroxylation sites is 1. The van der Waals surface area contributed by atoms with Crippen molar-refractivity contribution in [2.24, 2.45) is 0 Å². The van der Waals surface area contributed by atoms with Crippen LogP contribution in [0.5, 0.6) is 5.75 Å². The smallest absolute Gasteiger partial charge is 0.290 e. The van der Waals surface area contributed by atoms with E-state index in [9.17, 15) is 14.7 Å². The Morgan fingerprint density at radius 1 is 1.06 bits per heavy atom. The number of nitrogens with zero attached hydrogens (tertiary/aromatic N) is 1. The monoisotopic (exact) mass is 421 g/mol. The maximum Gasteiger partial charge on any atom is 0.290 e. The van der Waals surface area contributed by atoms with E-state index < -0.39 is 6.04 Å². The van der Waals surface area contributed by atoms with E-state index in [2.05, 4.69) is 0 Å². The summed E-state index contributed by atoms with van der Waals surface area (Å²) in [7, 11) is 0. The number of phenols is 1. The zero-order valence-corrected chi connectivity index (χ0v) is 17.2. The van der Waals surface area contributed by atoms with Crippen molar-refractivity contribution in [3.8, 4) is 5.75 Å². The zero-order chi connectivity index (χ0) is 21.4. The molecule has 160 valence electrons. The minimum Gasteiger partial charge on any atom is -0.508 e. The van der Waals surface area contributed by atoms with Crippen molar-refractivity contribution < 1.29 is 24.0 Å². The molecular weight excluding hydrogens is 396 g/mol. The number of nitrogens with one attached hydrogen (secondary N) is 1. The van der Waals surface area contributed by atoms with Crippen LogP contribution in [0, 0.1) is 0 Å². The van der Waals surface area contributed by atoms with Crippen LogP contribution in [-0.2, 0) is 4.74 Å². The minimum atomic E-state index is -0.574. The highest BCUT2D eigenvalue weighted by molar-refractivity contribution is 5.99. The van der Waals surface area contributed by atoms with Gasteiger partial charge in [0.25, 0.3) is 5.91 Å². The van der Waals surface area contributed by atoms with Gasteiger partial charge in [0.15, 0.2) is 5.43 Å². The number of carbonyl (C=O) groups is 1. The molecule has 2 aliphatic rings. The molecule has 1 aromatic heterocycles. The Hall–Kier alpha value is -3.16. The van der Waals surface area contributed by atoms with E-state index in [1.807, 2.05) is 6.07 Å². The third-order valence-electron chi connectivity index (χ3n) is 6.19. The van der Waals surface area contributed by atoms with Crippen molar-refractivity contribution in [3.63, 3.8) is 0 Å². The lowest BCUT2D eigenvalue weighted by Crippen LogP contribution is -3.14. The number of ether oxygens (including phenoxy) is 1. The van der Waals surface area contributed by atoms with Crippen LogP contribution in [0.2, 0.25) is 0 Å². The molecule has 0 unspecified atom stereocenters. The predicted molar refractivity (Wildman–Crippen MR) is 114 cm³/mol. The van der Waals surface area contributed by atoms with Crippen LogP contribution >= 0.6 is 0 Å². The molecule has 7 nitrogen and oxygen atoms in total. The fourth-order valence-corrected chi connectivity index (χ4v) is 4.65. The quantitative estimate of drug-likeness (QED) is 0.650. The van der Waals surface area contributed by atoms with Gasteiger partial charge in [0.1, 0.15) is 24.4 Å². The first-order chi connectivity index (χ1) is 15.1. The van der Waals surface area contributed by atoms with Crippen LogP contribution in [0.15, 0.2) is 57.7 Å². The SMILES string of the molecule is O=C1c2oc3ccccc3c(=O)c2[C@H](c2cccc(O)c2)N1CCC[NH+]1CCOCC1. The van der Waals surface area contributed by atoms with Gasteiger partial charge < -0.3 is 24.1 Å². The number of quaternary nitrogens is 1. The summed E-state index contributed by atoms with van der Waals surface area (Å²) in [5.74, 6) is -0.0692. The number of benzene rings is 2. The first-order valence-corrected chi connectivity index (χ1v) is 10.7. The number of amides is 1. The van der Waals surface area contributed by atoms with Gasteiger partial charge in [-0.05, 0) is 29.8 Å². The van der Waals surface area contributed by atoms with Gasteiger partial charge in [0.2, 0.25) is 5.76 Å². The van der Waals surface area contributed by atoms with E-state index in [1.165, 1.54) is 4.90 Å². The van der Waals surface area contributed by atoms with Gasteiger partial charge in [-0.2, -0.15) is 0 Å². The summed E-state index contributed by atoms with van der Waals surface area (Å²) < 4.78 is 11.4. The Labute approximate surface area is 179 Å². The number of morpholine rings is 1. The number of hydrogen-bond donors (Lipinski definition) is 2. The first-order valence-electron chi connectivity index (χ1n) is 10.7. The molecule has 1 atom stereocenters. The molecular formula is C24H25N2O5+. The molecule has 3 aromatic rings. The van der Waals surface area contributed by atoms with Crippen LogP contribution in [-0.4, -0.2) is 55.3 Å². The molecule has 0 saturated carbocycles. The molecule has 0 bridgehead atoms. The van der Waals surface area contributed by atoms with E-state index in [-0.39, 0.29) is 22.8 Å². The molecule has 1 saturated heterocycles. The van der Waals surface area contributed by atoms with E-state index in [4.69, 9.17) is 9.15 Å². The van der Waals surface area contributed by atoms with Crippen LogP contribution in [0.1, 0.15) is 34.1 Å². The van der Waals surface area contributed by atoms with Gasteiger partial charge in [0.05, 0.1) is 36.8 Å². The van der Waals surface area contributed by atoms with Gasteiger partial charge in [-0.1, -0.05) is 24.3 Å². The van der Waals surface area contributed by atoms with Crippen LogP contribution in [0.25, 0.3) is 11.0 Å². The molecule has 0 radical (unpaired) electrons. The summed E-state index contributed by atoms with van der Waals surface area (Å²) in [4.78, 5) is 29.9. The predicted octanol–water partition coefficient (Wildman–Crippen LogP) is 1.35. The van der Waals surface area contributed by atoms with E-state index in [0.29, 0.717) is 28.6 Å². The minimum absolute atomic E-state index is 0.0984. The summed E-state index contributed by atoms with van der Waals surface area (Å²) in [6, 6.07) is 13.2. The summed E-state index contributed by atoms with van der Waals surface area (Å²) in [6.07, 6.45) is 0.804. The molecule has 0 spiro atoms. The highest BCUT2D eigenvalue weighted by Gasteiger charge is 2.42. The Balaban J connectivity index is 1.53. The summed E-state index contributed by atoms with van der Waals surface area (Å²) in [5.41, 5.74) is 1.27. The van der Waals surface area contributed by atoms with Crippen molar-refractivity contribution >= 4 is 16.9 Å². The van der Waals surface area contributed by atoms with Crippen molar-refractivity contribution in [3.05, 3.63) is 75.6 Å². The Morgan fingerprint density at radius 3 is 2.68 bits per heavy atom. The first kappa shape index (κ1) is 19.8. The molecule has 2 aromatic carbocycles. The van der Waals surface area contributed by atoms with Gasteiger partial charge in [0, 0.05) is 13.0 Å². The zero-order valence-electron chi connectivity index (χ0n) is 17.2. The van der Waals surface area contributed by atoms with Gasteiger partial charge in [-0.25, -0.2) is 0 Å². The fourth-order valence-electron chi connectivity index (χ4n) is 4.65. The average molecular weight is 421 g/mol. The molecule has 31 heavy (non-hydrogen) atoms. The maximum atomic E-state index is 13.4. The second-order valence-corrected chi connectivity index (χ2v) is 8.13. The molecule has 2 N–H and O–H groups in total. The number of aromatic hydroxyl groups is 1. The maximum absolute atomic E-state index is 13.4. The molecule has 0 aliphatic carbocycles. The Kier molecular flexibility index (Phi) is 5.21. The third kappa shape index (κ3) is 3.60. The number of rotatable bonds is 5. The largest absolute Gasteiger partial charge is 0.508 e. The second kappa shape index (κ2) is 8.17. The number of hydrogen-bond acceptors (Lipinski definition) is 5. The standard InChI is InChI=1S/C24H24N2O5/c27-17-6-3-5-16(15-17)21-20-22(28)18-7-1-2-8-19(18)31-23(20)24(29)26(21)10-4-9-25-11-13-30-14-12-25/h1-3,5-8,15,21,27H,4,9-14H2/p+1/t21-/m0/s1. The average Bonchev–Trinajstić information content (AvgIpc) is 3.07. The summed E-state index contributed by atoms with van der Waals surface area (Å²) in [5, 5.41) is 10.5. The van der Waals surface area contributed by atoms with Crippen molar-refractivity contribution in [1.82, 2.24) is 4.90 Å². The molecule has 2 aliphatic heterocycles. The Bertz CT molecular complexity index is 1180. The second-order valence-electron chi connectivity index (χ2n) is 8.13. The highest BCUT2D eigenvalue weighted by Crippen LogP contribution is 2.38. The van der Waals surface area contributed by atoms with Gasteiger partial charge in [-0.3, -0.25) is 9.59 Å². The highest BCUT2D eigenvalue weighted by atomic mass is 16.5. The molecule has 1 fully saturated rings. The lowest BCUT2D eigenvalue weighted by Gasteiger charge is -2.27. The third-order valence-corrected chi connectivity index (χ3v) is 6.19. The van der Waals surface area contributed by atoms with Crippen molar-refractivity contribution in [2.45, 2.75) is 12.5 Å². The van der Waals surface area contributed by atoms with Crippen molar-refractivity contribution in [1.29, 1.82) is 0 Å². The van der Waals surface area contributed by atoms with E-state index in [0.717, 1.165) is 39.3 Å². The molecule has 7 heteroatoms. The summed E-state index contributed by atoms with van der Waals surface area (Å²) in [6.45, 7) is 4.90.